The van der Waals surface area contributed by atoms with Crippen molar-refractivity contribution in [3.8, 4) is 0 Å². The molecular weight excluding hydrogens is 192 g/mol. The van der Waals surface area contributed by atoms with Gasteiger partial charge < -0.3 is 0 Å². The van der Waals surface area contributed by atoms with Gasteiger partial charge >= 0.3 is 0 Å². The highest BCUT2D eigenvalue weighted by atomic mass is 14.2. The van der Waals surface area contributed by atoms with Crippen molar-refractivity contribution in [1.82, 2.24) is 0 Å². The van der Waals surface area contributed by atoms with Crippen molar-refractivity contribution >= 4 is 0 Å². The molecule has 0 aromatic heterocycles. The van der Waals surface area contributed by atoms with Crippen molar-refractivity contribution in [3.63, 3.8) is 0 Å². The molecule has 0 nitrogen and oxygen atoms in total. The first-order chi connectivity index (χ1) is 6.91. The summed E-state index contributed by atoms with van der Waals surface area (Å²) in [6.07, 6.45) is 0. The smallest absolute Gasteiger partial charge is 0.0132 e. The van der Waals surface area contributed by atoms with Gasteiger partial charge in [0, 0.05) is 0 Å². The van der Waals surface area contributed by atoms with Gasteiger partial charge in [0.2, 0.25) is 0 Å². The van der Waals surface area contributed by atoms with Crippen LogP contribution in [-0.4, -0.2) is 0 Å². The molecule has 0 spiro atoms. The minimum Gasteiger partial charge on any atom is -0.0776 e. The maximum atomic E-state index is 2.25. The number of rotatable bonds is 1. The van der Waals surface area contributed by atoms with Crippen LogP contribution in [0, 0.1) is 0 Å². The first-order valence-corrected chi connectivity index (χ1v) is 6.01. The fourth-order valence-electron chi connectivity index (χ4n) is 1.37. The lowest BCUT2D eigenvalue weighted by Gasteiger charge is -2.19. The molecule has 1 aromatic rings. The first-order valence-electron chi connectivity index (χ1n) is 6.01. The Balaban J connectivity index is 0. The van der Waals surface area contributed by atoms with Crippen LogP contribution in [0.1, 0.15) is 72.9 Å². The van der Waals surface area contributed by atoms with Crippen LogP contribution in [0.5, 0.6) is 0 Å². The molecule has 0 bridgehead atoms. The Morgan fingerprint density at radius 3 is 1.50 bits per heavy atom. The largest absolute Gasteiger partial charge is 0.0776 e. The van der Waals surface area contributed by atoms with Crippen molar-refractivity contribution in [2.75, 3.05) is 0 Å². The molecule has 0 heterocycles. The van der Waals surface area contributed by atoms with Crippen LogP contribution in [0.3, 0.4) is 0 Å². The van der Waals surface area contributed by atoms with Gasteiger partial charge in [0.1, 0.15) is 0 Å². The standard InChI is InChI=1S/C13H20.C2H6.CH4/c1-10(2)11-6-8-12(9-7-11)13(3,4)5;1-2;/h6-10H,1-5H3;1-2H3;1H4. The van der Waals surface area contributed by atoms with E-state index in [0.29, 0.717) is 5.92 Å². The SMILES string of the molecule is C.CC.CC(C)c1ccc(C(C)(C)C)cc1. The average Bonchev–Trinajstić information content (AvgIpc) is 2.20. The van der Waals surface area contributed by atoms with E-state index < -0.39 is 0 Å². The van der Waals surface area contributed by atoms with Crippen LogP contribution in [0.25, 0.3) is 0 Å². The summed E-state index contributed by atoms with van der Waals surface area (Å²) < 4.78 is 0. The van der Waals surface area contributed by atoms with Gasteiger partial charge in [-0.1, -0.05) is 80.2 Å². The molecule has 1 rings (SSSR count). The van der Waals surface area contributed by atoms with Gasteiger partial charge in [-0.2, -0.15) is 0 Å². The van der Waals surface area contributed by atoms with E-state index in [2.05, 4.69) is 58.9 Å². The molecule has 0 amide bonds. The molecule has 0 atom stereocenters. The third-order valence-corrected chi connectivity index (χ3v) is 2.44. The second-order valence-corrected chi connectivity index (χ2v) is 5.03. The Bertz CT molecular complexity index is 259. The van der Waals surface area contributed by atoms with Crippen molar-refractivity contribution in [2.45, 2.75) is 67.2 Å². The fourth-order valence-corrected chi connectivity index (χ4v) is 1.37. The van der Waals surface area contributed by atoms with Gasteiger partial charge in [0.05, 0.1) is 0 Å². The number of benzene rings is 1. The lowest BCUT2D eigenvalue weighted by Crippen LogP contribution is -2.10. The topological polar surface area (TPSA) is 0 Å². The van der Waals surface area contributed by atoms with Crippen molar-refractivity contribution in [3.05, 3.63) is 35.4 Å². The number of hydrogen-bond acceptors (Lipinski definition) is 0. The molecule has 0 fully saturated rings. The predicted octanol–water partition coefficient (Wildman–Crippen LogP) is 5.77. The highest BCUT2D eigenvalue weighted by Gasteiger charge is 2.12. The molecule has 16 heavy (non-hydrogen) atoms. The summed E-state index contributed by atoms with van der Waals surface area (Å²) in [6.45, 7) is 15.2. The van der Waals surface area contributed by atoms with E-state index >= 15 is 0 Å². The van der Waals surface area contributed by atoms with Gasteiger partial charge in [0.15, 0.2) is 0 Å². The van der Waals surface area contributed by atoms with Crippen molar-refractivity contribution in [1.29, 1.82) is 0 Å². The molecule has 0 aliphatic rings. The molecule has 0 heteroatoms. The lowest BCUT2D eigenvalue weighted by molar-refractivity contribution is 0.589. The summed E-state index contributed by atoms with van der Waals surface area (Å²) in [5.41, 5.74) is 3.11. The van der Waals surface area contributed by atoms with Gasteiger partial charge in [-0.25, -0.2) is 0 Å². The molecule has 0 N–H and O–H groups in total. The second kappa shape index (κ2) is 7.49. The van der Waals surface area contributed by atoms with E-state index in [9.17, 15) is 0 Å². The van der Waals surface area contributed by atoms with Gasteiger partial charge in [-0.05, 0) is 22.5 Å². The van der Waals surface area contributed by atoms with E-state index in [1.807, 2.05) is 13.8 Å². The summed E-state index contributed by atoms with van der Waals surface area (Å²) >= 11 is 0. The Morgan fingerprint density at radius 1 is 0.875 bits per heavy atom. The maximum Gasteiger partial charge on any atom is -0.0132 e. The molecule has 0 saturated heterocycles. The van der Waals surface area contributed by atoms with Crippen LogP contribution in [0.2, 0.25) is 0 Å². The minimum atomic E-state index is 0. The Hall–Kier alpha value is -0.780. The van der Waals surface area contributed by atoms with Crippen molar-refractivity contribution < 1.29 is 0 Å². The highest BCUT2D eigenvalue weighted by molar-refractivity contribution is 5.28. The van der Waals surface area contributed by atoms with Crippen LogP contribution >= 0.6 is 0 Å². The second-order valence-electron chi connectivity index (χ2n) is 5.03. The zero-order chi connectivity index (χ0) is 12.1. The monoisotopic (exact) mass is 222 g/mol. The fraction of sp³-hybridized carbons (Fsp3) is 0.625. The minimum absolute atomic E-state index is 0. The average molecular weight is 222 g/mol. The zero-order valence-electron chi connectivity index (χ0n) is 11.4. The van der Waals surface area contributed by atoms with Gasteiger partial charge in [-0.15, -0.1) is 0 Å². The Morgan fingerprint density at radius 2 is 1.25 bits per heavy atom. The molecule has 0 unspecified atom stereocenters. The van der Waals surface area contributed by atoms with Gasteiger partial charge in [-0.3, -0.25) is 0 Å². The van der Waals surface area contributed by atoms with Crippen LogP contribution in [0.15, 0.2) is 24.3 Å². The predicted molar refractivity (Wildman–Crippen MR) is 77.3 cm³/mol. The first kappa shape index (κ1) is 17.6. The van der Waals surface area contributed by atoms with E-state index in [-0.39, 0.29) is 12.8 Å². The summed E-state index contributed by atoms with van der Waals surface area (Å²) in [6, 6.07) is 8.97. The lowest BCUT2D eigenvalue weighted by atomic mass is 9.86. The highest BCUT2D eigenvalue weighted by Crippen LogP contribution is 2.24. The third kappa shape index (κ3) is 5.34. The number of hydrogen-bond donors (Lipinski definition) is 0. The van der Waals surface area contributed by atoms with E-state index in [1.165, 1.54) is 11.1 Å². The quantitative estimate of drug-likeness (QED) is 0.566. The summed E-state index contributed by atoms with van der Waals surface area (Å²) in [5, 5.41) is 0. The molecule has 0 saturated carbocycles. The van der Waals surface area contributed by atoms with E-state index in [4.69, 9.17) is 0 Å². The summed E-state index contributed by atoms with van der Waals surface area (Å²) in [4.78, 5) is 0. The maximum absolute atomic E-state index is 2.25. The van der Waals surface area contributed by atoms with E-state index in [0.717, 1.165) is 0 Å². The molecule has 0 radical (unpaired) electrons. The van der Waals surface area contributed by atoms with E-state index in [1.54, 1.807) is 0 Å². The molecule has 0 aliphatic heterocycles. The molecule has 94 valence electrons. The van der Waals surface area contributed by atoms with Gasteiger partial charge in [0.25, 0.3) is 0 Å². The molecular formula is C16H30. The van der Waals surface area contributed by atoms with Crippen molar-refractivity contribution in [2.24, 2.45) is 0 Å². The zero-order valence-corrected chi connectivity index (χ0v) is 11.4. The molecule has 1 aromatic carbocycles. The van der Waals surface area contributed by atoms with Crippen LogP contribution in [0.4, 0.5) is 0 Å². The van der Waals surface area contributed by atoms with Crippen LogP contribution < -0.4 is 0 Å². The molecule has 0 aliphatic carbocycles. The Labute approximate surface area is 103 Å². The summed E-state index contributed by atoms with van der Waals surface area (Å²) in [5.74, 6) is 0.633. The summed E-state index contributed by atoms with van der Waals surface area (Å²) in [7, 11) is 0. The Kier molecular flexibility index (Phi) is 8.24. The third-order valence-electron chi connectivity index (χ3n) is 2.44. The van der Waals surface area contributed by atoms with Crippen LogP contribution in [-0.2, 0) is 5.41 Å². The normalized spacial score (nSPS) is 10.2.